The fourth-order valence-electron chi connectivity index (χ4n) is 1.76. The monoisotopic (exact) mass is 308 g/mol. The van der Waals surface area contributed by atoms with Crippen LogP contribution in [-0.4, -0.2) is 73.0 Å². The van der Waals surface area contributed by atoms with Crippen LogP contribution in [0.15, 0.2) is 22.4 Å². The normalized spacial score (nSPS) is 13.4. The lowest BCUT2D eigenvalue weighted by molar-refractivity contribution is -0.136. The Balaban J connectivity index is 2.60. The van der Waals surface area contributed by atoms with Gasteiger partial charge in [-0.2, -0.15) is 10.2 Å². The molecule has 0 atom stereocenters. The third-order valence-electron chi connectivity index (χ3n) is 2.68. The quantitative estimate of drug-likeness (QED) is 0.281. The molecule has 0 aromatic carbocycles. The second-order valence-electron chi connectivity index (χ2n) is 4.26. The minimum atomic E-state index is -0.480. The SMILES string of the molecule is C=NNC(=O)CN(CCN1C(=O)C=CC1=O)CC(=O)NN=C. The van der Waals surface area contributed by atoms with Crippen LogP contribution in [-0.2, 0) is 19.2 Å². The van der Waals surface area contributed by atoms with Gasteiger partial charge in [-0.25, -0.2) is 10.9 Å². The minimum absolute atomic E-state index is 0.0499. The van der Waals surface area contributed by atoms with Crippen molar-refractivity contribution in [2.75, 3.05) is 26.2 Å². The average molecular weight is 308 g/mol. The molecule has 0 aliphatic carbocycles. The van der Waals surface area contributed by atoms with E-state index in [9.17, 15) is 19.2 Å². The molecule has 0 saturated carbocycles. The van der Waals surface area contributed by atoms with Crippen molar-refractivity contribution in [3.8, 4) is 0 Å². The number of carbonyl (C=O) groups excluding carboxylic acids is 4. The van der Waals surface area contributed by atoms with Gasteiger partial charge in [0, 0.05) is 38.7 Å². The van der Waals surface area contributed by atoms with E-state index in [1.165, 1.54) is 4.90 Å². The zero-order chi connectivity index (χ0) is 16.5. The maximum atomic E-state index is 11.5. The van der Waals surface area contributed by atoms with Crippen LogP contribution < -0.4 is 10.9 Å². The van der Waals surface area contributed by atoms with Crippen LogP contribution in [0.5, 0.6) is 0 Å². The maximum Gasteiger partial charge on any atom is 0.254 e. The predicted octanol–water partition coefficient (Wildman–Crippen LogP) is -2.32. The molecule has 10 heteroatoms. The lowest BCUT2D eigenvalue weighted by Gasteiger charge is -2.22. The number of rotatable bonds is 9. The third kappa shape index (κ3) is 5.25. The van der Waals surface area contributed by atoms with Crippen LogP contribution in [0.1, 0.15) is 0 Å². The molecule has 1 heterocycles. The zero-order valence-electron chi connectivity index (χ0n) is 11.8. The van der Waals surface area contributed by atoms with Gasteiger partial charge >= 0.3 is 0 Å². The van der Waals surface area contributed by atoms with E-state index < -0.39 is 23.6 Å². The number of imide groups is 1. The summed E-state index contributed by atoms with van der Waals surface area (Å²) >= 11 is 0. The molecule has 0 radical (unpaired) electrons. The summed E-state index contributed by atoms with van der Waals surface area (Å²) in [5.41, 5.74) is 4.27. The molecule has 1 aliphatic heterocycles. The topological polar surface area (TPSA) is 124 Å². The number of hydrogen-bond donors (Lipinski definition) is 2. The van der Waals surface area contributed by atoms with Gasteiger partial charge in [0.1, 0.15) is 0 Å². The second-order valence-corrected chi connectivity index (χ2v) is 4.26. The van der Waals surface area contributed by atoms with Crippen molar-refractivity contribution in [3.05, 3.63) is 12.2 Å². The highest BCUT2D eigenvalue weighted by Gasteiger charge is 2.24. The lowest BCUT2D eigenvalue weighted by atomic mass is 10.4. The molecule has 0 aromatic heterocycles. The molecular weight excluding hydrogens is 292 g/mol. The second kappa shape index (κ2) is 8.42. The van der Waals surface area contributed by atoms with Crippen LogP contribution in [0.3, 0.4) is 0 Å². The molecule has 0 unspecified atom stereocenters. The molecule has 0 bridgehead atoms. The molecule has 22 heavy (non-hydrogen) atoms. The largest absolute Gasteiger partial charge is 0.284 e. The zero-order valence-corrected chi connectivity index (χ0v) is 11.8. The van der Waals surface area contributed by atoms with Crippen LogP contribution in [0.4, 0.5) is 0 Å². The van der Waals surface area contributed by atoms with Crippen molar-refractivity contribution in [1.29, 1.82) is 0 Å². The molecule has 1 aliphatic rings. The van der Waals surface area contributed by atoms with Gasteiger partial charge in [-0.15, -0.1) is 0 Å². The van der Waals surface area contributed by atoms with Gasteiger partial charge in [0.25, 0.3) is 23.6 Å². The molecule has 118 valence electrons. The van der Waals surface area contributed by atoms with E-state index in [-0.39, 0.29) is 26.2 Å². The highest BCUT2D eigenvalue weighted by atomic mass is 16.2. The number of nitrogens with zero attached hydrogens (tertiary/aromatic N) is 4. The van der Waals surface area contributed by atoms with Crippen LogP contribution in [0.2, 0.25) is 0 Å². The summed E-state index contributed by atoms with van der Waals surface area (Å²) in [4.78, 5) is 48.3. The summed E-state index contributed by atoms with van der Waals surface area (Å²) in [6.07, 6.45) is 2.32. The molecule has 4 amide bonds. The fraction of sp³-hybridized carbons (Fsp3) is 0.333. The van der Waals surface area contributed by atoms with E-state index in [1.807, 2.05) is 0 Å². The van der Waals surface area contributed by atoms with Crippen molar-refractivity contribution >= 4 is 37.1 Å². The Hall–Kier alpha value is -2.88. The Kier molecular flexibility index (Phi) is 6.57. The molecule has 1 rings (SSSR count). The van der Waals surface area contributed by atoms with Crippen molar-refractivity contribution in [2.45, 2.75) is 0 Å². The Bertz CT molecular complexity index is 488. The third-order valence-corrected chi connectivity index (χ3v) is 2.68. The van der Waals surface area contributed by atoms with E-state index in [4.69, 9.17) is 0 Å². The van der Waals surface area contributed by atoms with Gasteiger partial charge in [-0.05, 0) is 0 Å². The smallest absolute Gasteiger partial charge is 0.254 e. The molecule has 0 saturated heterocycles. The summed E-state index contributed by atoms with van der Waals surface area (Å²) < 4.78 is 0. The Morgan fingerprint density at radius 2 is 1.50 bits per heavy atom. The highest BCUT2D eigenvalue weighted by Crippen LogP contribution is 2.03. The van der Waals surface area contributed by atoms with Gasteiger partial charge in [-0.1, -0.05) is 0 Å². The van der Waals surface area contributed by atoms with E-state index >= 15 is 0 Å². The average Bonchev–Trinajstić information content (AvgIpc) is 2.76. The summed E-state index contributed by atoms with van der Waals surface area (Å²) in [7, 11) is 0. The van der Waals surface area contributed by atoms with Crippen molar-refractivity contribution in [3.63, 3.8) is 0 Å². The van der Waals surface area contributed by atoms with E-state index in [2.05, 4.69) is 34.5 Å². The first-order chi connectivity index (χ1) is 10.5. The van der Waals surface area contributed by atoms with Gasteiger partial charge in [0.2, 0.25) is 0 Å². The van der Waals surface area contributed by atoms with Gasteiger partial charge in [0.05, 0.1) is 13.1 Å². The number of carbonyl (C=O) groups is 4. The summed E-state index contributed by atoms with van der Waals surface area (Å²) in [6, 6.07) is 0. The molecule has 0 aromatic rings. The van der Waals surface area contributed by atoms with E-state index in [0.717, 1.165) is 17.1 Å². The van der Waals surface area contributed by atoms with Crippen molar-refractivity contribution in [1.82, 2.24) is 20.7 Å². The van der Waals surface area contributed by atoms with Crippen molar-refractivity contribution in [2.24, 2.45) is 10.2 Å². The van der Waals surface area contributed by atoms with E-state index in [0.29, 0.717) is 0 Å². The number of nitrogens with one attached hydrogen (secondary N) is 2. The maximum absolute atomic E-state index is 11.5. The molecule has 0 fully saturated rings. The number of hydrogen-bond acceptors (Lipinski definition) is 7. The highest BCUT2D eigenvalue weighted by molar-refractivity contribution is 6.12. The van der Waals surface area contributed by atoms with Gasteiger partial charge in [-0.3, -0.25) is 29.0 Å². The molecular formula is C12H16N6O4. The first kappa shape index (κ1) is 17.2. The fourth-order valence-corrected chi connectivity index (χ4v) is 1.76. The lowest BCUT2D eigenvalue weighted by Crippen LogP contribution is -2.45. The summed E-state index contributed by atoms with van der Waals surface area (Å²) in [5.74, 6) is -1.82. The first-order valence-electron chi connectivity index (χ1n) is 6.23. The Labute approximate surface area is 126 Å². The summed E-state index contributed by atoms with van der Waals surface area (Å²) in [6.45, 7) is 6.10. The van der Waals surface area contributed by atoms with E-state index in [1.54, 1.807) is 0 Å². The first-order valence-corrected chi connectivity index (χ1v) is 6.23. The molecule has 0 spiro atoms. The molecule has 10 nitrogen and oxygen atoms in total. The Morgan fingerprint density at radius 1 is 1.05 bits per heavy atom. The Morgan fingerprint density at radius 3 is 1.91 bits per heavy atom. The minimum Gasteiger partial charge on any atom is -0.284 e. The van der Waals surface area contributed by atoms with Gasteiger partial charge < -0.3 is 0 Å². The molecule has 2 N–H and O–H groups in total. The van der Waals surface area contributed by atoms with Crippen LogP contribution in [0, 0.1) is 0 Å². The summed E-state index contributed by atoms with van der Waals surface area (Å²) in [5, 5.41) is 6.46. The van der Waals surface area contributed by atoms with Crippen LogP contribution >= 0.6 is 0 Å². The standard InChI is InChI=1S/C12H16N6O4/c1-13-15-9(19)7-17(8-10(20)16-14-2)5-6-18-11(21)3-4-12(18)22/h3-4H,1-2,5-8H2,(H,15,19)(H,16,20). The predicted molar refractivity (Wildman–Crippen MR) is 77.7 cm³/mol. The number of amides is 4. The van der Waals surface area contributed by atoms with Crippen molar-refractivity contribution < 1.29 is 19.2 Å². The number of hydrazone groups is 2. The van der Waals surface area contributed by atoms with Crippen LogP contribution in [0.25, 0.3) is 0 Å². The van der Waals surface area contributed by atoms with Gasteiger partial charge in [0.15, 0.2) is 0 Å².